The van der Waals surface area contributed by atoms with Crippen LogP contribution in [0.5, 0.6) is 0 Å². The van der Waals surface area contributed by atoms with Crippen LogP contribution < -0.4 is 5.32 Å². The number of amides is 1. The Kier molecular flexibility index (Phi) is 4.69. The van der Waals surface area contributed by atoms with Gasteiger partial charge in [0.25, 0.3) is 0 Å². The first-order valence-corrected chi connectivity index (χ1v) is 8.46. The standard InChI is InChI=1S/C18H25FN2O2/c1-13-11-16(13)17(22)20-7-10-21-8-5-18(23,6-9-21)14-3-2-4-15(19)12-14/h2-4,12-13,16,23H,5-11H2,1H3,(H,20,22)/t13-,16+/m1/s1. The molecule has 5 heteroatoms. The maximum atomic E-state index is 13.3. The highest BCUT2D eigenvalue weighted by atomic mass is 19.1. The van der Waals surface area contributed by atoms with Crippen LogP contribution in [0.3, 0.4) is 0 Å². The van der Waals surface area contributed by atoms with Crippen LogP contribution in [-0.2, 0) is 10.4 Å². The molecule has 1 saturated carbocycles. The number of benzene rings is 1. The van der Waals surface area contributed by atoms with Gasteiger partial charge in [-0.25, -0.2) is 4.39 Å². The van der Waals surface area contributed by atoms with Crippen molar-refractivity contribution < 1.29 is 14.3 Å². The van der Waals surface area contributed by atoms with E-state index >= 15 is 0 Å². The number of aliphatic hydroxyl groups is 1. The van der Waals surface area contributed by atoms with E-state index in [2.05, 4.69) is 17.1 Å². The third-order valence-electron chi connectivity index (χ3n) is 5.22. The fourth-order valence-corrected chi connectivity index (χ4v) is 3.37. The van der Waals surface area contributed by atoms with Gasteiger partial charge in [-0.15, -0.1) is 0 Å². The van der Waals surface area contributed by atoms with Crippen LogP contribution in [0.15, 0.2) is 24.3 Å². The van der Waals surface area contributed by atoms with Crippen LogP contribution in [0.1, 0.15) is 31.7 Å². The first-order chi connectivity index (χ1) is 11.0. The molecule has 0 bridgehead atoms. The summed E-state index contributed by atoms with van der Waals surface area (Å²) in [5.74, 6) is 0.613. The van der Waals surface area contributed by atoms with E-state index in [1.807, 2.05) is 0 Å². The normalized spacial score (nSPS) is 26.7. The molecule has 3 rings (SSSR count). The lowest BCUT2D eigenvalue weighted by Gasteiger charge is -2.38. The number of likely N-dealkylation sites (tertiary alicyclic amines) is 1. The number of nitrogens with zero attached hydrogens (tertiary/aromatic N) is 1. The minimum Gasteiger partial charge on any atom is -0.385 e. The molecule has 2 atom stereocenters. The highest BCUT2D eigenvalue weighted by molar-refractivity contribution is 5.81. The van der Waals surface area contributed by atoms with E-state index in [0.29, 0.717) is 30.9 Å². The van der Waals surface area contributed by atoms with Gasteiger partial charge >= 0.3 is 0 Å². The number of carbonyl (C=O) groups excluding carboxylic acids is 1. The smallest absolute Gasteiger partial charge is 0.223 e. The molecule has 1 aliphatic carbocycles. The maximum absolute atomic E-state index is 13.3. The molecule has 0 unspecified atom stereocenters. The van der Waals surface area contributed by atoms with E-state index in [1.54, 1.807) is 12.1 Å². The predicted octanol–water partition coefficient (Wildman–Crippen LogP) is 1.88. The molecule has 1 aromatic carbocycles. The van der Waals surface area contributed by atoms with E-state index in [9.17, 15) is 14.3 Å². The number of carbonyl (C=O) groups is 1. The van der Waals surface area contributed by atoms with Crippen molar-refractivity contribution in [1.82, 2.24) is 10.2 Å². The van der Waals surface area contributed by atoms with Crippen molar-refractivity contribution >= 4 is 5.91 Å². The monoisotopic (exact) mass is 320 g/mol. The van der Waals surface area contributed by atoms with Gasteiger partial charge in [0.05, 0.1) is 5.60 Å². The molecule has 1 aromatic rings. The third-order valence-corrected chi connectivity index (χ3v) is 5.22. The van der Waals surface area contributed by atoms with E-state index in [1.165, 1.54) is 12.1 Å². The molecule has 1 aliphatic heterocycles. The van der Waals surface area contributed by atoms with Crippen LogP contribution in [0.4, 0.5) is 4.39 Å². The van der Waals surface area contributed by atoms with Gasteiger partial charge in [-0.2, -0.15) is 0 Å². The fourth-order valence-electron chi connectivity index (χ4n) is 3.37. The van der Waals surface area contributed by atoms with Gasteiger partial charge < -0.3 is 15.3 Å². The van der Waals surface area contributed by atoms with Crippen molar-refractivity contribution in [2.24, 2.45) is 11.8 Å². The van der Waals surface area contributed by atoms with Crippen molar-refractivity contribution in [3.05, 3.63) is 35.6 Å². The summed E-state index contributed by atoms with van der Waals surface area (Å²) in [6.07, 6.45) is 2.18. The lowest BCUT2D eigenvalue weighted by atomic mass is 9.84. The Morgan fingerprint density at radius 1 is 1.43 bits per heavy atom. The Bertz CT molecular complexity index is 570. The Balaban J connectivity index is 1.44. The average molecular weight is 320 g/mol. The lowest BCUT2D eigenvalue weighted by Crippen LogP contribution is -2.45. The number of halogens is 1. The van der Waals surface area contributed by atoms with E-state index in [4.69, 9.17) is 0 Å². The van der Waals surface area contributed by atoms with Gasteiger partial charge in [0, 0.05) is 32.1 Å². The van der Waals surface area contributed by atoms with Crippen LogP contribution in [0, 0.1) is 17.7 Å². The predicted molar refractivity (Wildman–Crippen MR) is 86.3 cm³/mol. The molecular weight excluding hydrogens is 295 g/mol. The maximum Gasteiger partial charge on any atom is 0.223 e. The van der Waals surface area contributed by atoms with Gasteiger partial charge in [0.1, 0.15) is 5.82 Å². The summed E-state index contributed by atoms with van der Waals surface area (Å²) in [6, 6.07) is 6.25. The molecule has 0 radical (unpaired) electrons. The van der Waals surface area contributed by atoms with E-state index < -0.39 is 5.60 Å². The van der Waals surface area contributed by atoms with Crippen molar-refractivity contribution in [3.8, 4) is 0 Å². The number of piperidine rings is 1. The van der Waals surface area contributed by atoms with Crippen molar-refractivity contribution in [1.29, 1.82) is 0 Å². The van der Waals surface area contributed by atoms with Gasteiger partial charge in [-0.05, 0) is 42.9 Å². The second-order valence-electron chi connectivity index (χ2n) is 6.99. The number of hydrogen-bond donors (Lipinski definition) is 2. The molecular formula is C18H25FN2O2. The number of nitrogens with one attached hydrogen (secondary N) is 1. The number of hydrogen-bond acceptors (Lipinski definition) is 3. The molecule has 2 fully saturated rings. The summed E-state index contributed by atoms with van der Waals surface area (Å²) < 4.78 is 13.3. The molecule has 23 heavy (non-hydrogen) atoms. The Morgan fingerprint density at radius 3 is 2.74 bits per heavy atom. The second-order valence-corrected chi connectivity index (χ2v) is 6.99. The number of rotatable bonds is 5. The zero-order chi connectivity index (χ0) is 16.4. The van der Waals surface area contributed by atoms with Crippen LogP contribution in [0.25, 0.3) is 0 Å². The first kappa shape index (κ1) is 16.4. The summed E-state index contributed by atoms with van der Waals surface area (Å²) in [7, 11) is 0. The quantitative estimate of drug-likeness (QED) is 0.871. The topological polar surface area (TPSA) is 52.6 Å². The minimum absolute atomic E-state index is 0.172. The molecule has 0 aromatic heterocycles. The van der Waals surface area contributed by atoms with E-state index in [-0.39, 0.29) is 17.6 Å². The van der Waals surface area contributed by atoms with Gasteiger partial charge in [0.15, 0.2) is 0 Å². The van der Waals surface area contributed by atoms with Gasteiger partial charge in [0.2, 0.25) is 5.91 Å². The SMILES string of the molecule is C[C@@H]1C[C@@H]1C(=O)NCCN1CCC(O)(c2cccc(F)c2)CC1. The molecule has 126 valence electrons. The summed E-state index contributed by atoms with van der Waals surface area (Å²) in [5.41, 5.74) is -0.279. The van der Waals surface area contributed by atoms with Crippen molar-refractivity contribution in [2.75, 3.05) is 26.2 Å². The first-order valence-electron chi connectivity index (χ1n) is 8.46. The van der Waals surface area contributed by atoms with E-state index in [0.717, 1.165) is 26.1 Å². The van der Waals surface area contributed by atoms with Crippen molar-refractivity contribution in [2.45, 2.75) is 31.8 Å². The summed E-state index contributed by atoms with van der Waals surface area (Å²) in [4.78, 5) is 14.0. The van der Waals surface area contributed by atoms with Gasteiger partial charge in [-0.3, -0.25) is 4.79 Å². The summed E-state index contributed by atoms with van der Waals surface area (Å²) in [6.45, 7) is 5.06. The Labute approximate surface area is 136 Å². The Morgan fingerprint density at radius 2 is 2.13 bits per heavy atom. The van der Waals surface area contributed by atoms with Crippen LogP contribution in [-0.4, -0.2) is 42.1 Å². The molecule has 1 amide bonds. The fraction of sp³-hybridized carbons (Fsp3) is 0.611. The Hall–Kier alpha value is -1.46. The zero-order valence-electron chi connectivity index (χ0n) is 13.6. The minimum atomic E-state index is -0.939. The summed E-state index contributed by atoms with van der Waals surface area (Å²) in [5, 5.41) is 13.7. The van der Waals surface area contributed by atoms with Crippen LogP contribution in [0.2, 0.25) is 0 Å². The van der Waals surface area contributed by atoms with Crippen LogP contribution >= 0.6 is 0 Å². The second kappa shape index (κ2) is 6.57. The molecule has 0 spiro atoms. The third kappa shape index (κ3) is 3.90. The molecule has 1 heterocycles. The molecule has 2 N–H and O–H groups in total. The molecule has 2 aliphatic rings. The largest absolute Gasteiger partial charge is 0.385 e. The molecule has 1 saturated heterocycles. The molecule has 4 nitrogen and oxygen atoms in total. The highest BCUT2D eigenvalue weighted by Gasteiger charge is 2.39. The van der Waals surface area contributed by atoms with Crippen molar-refractivity contribution in [3.63, 3.8) is 0 Å². The van der Waals surface area contributed by atoms with Gasteiger partial charge in [-0.1, -0.05) is 19.1 Å². The summed E-state index contributed by atoms with van der Waals surface area (Å²) >= 11 is 0. The lowest BCUT2D eigenvalue weighted by molar-refractivity contribution is -0.122. The highest BCUT2D eigenvalue weighted by Crippen LogP contribution is 2.37. The zero-order valence-corrected chi connectivity index (χ0v) is 13.6. The average Bonchev–Trinajstić information content (AvgIpc) is 3.26.